The van der Waals surface area contributed by atoms with Crippen molar-refractivity contribution in [3.05, 3.63) is 64.9 Å². The number of benzene rings is 2. The predicted octanol–water partition coefficient (Wildman–Crippen LogP) is 3.49. The Morgan fingerprint density at radius 1 is 1.23 bits per heavy atom. The maximum atomic E-state index is 10.9. The Labute approximate surface area is 155 Å². The van der Waals surface area contributed by atoms with Gasteiger partial charge >= 0.3 is 5.97 Å². The molecule has 0 bridgehead atoms. The average Bonchev–Trinajstić information content (AvgIpc) is 3.05. The molecule has 136 valence electrons. The van der Waals surface area contributed by atoms with Crippen LogP contribution in [-0.2, 0) is 0 Å². The SMILES string of the molecule is O=C(O)c1cc2cc(OCCNC[C@@H](O)c3cccc(Cl)c3)ccc2o1. The molecule has 0 fully saturated rings. The lowest BCUT2D eigenvalue weighted by Crippen LogP contribution is -2.26. The van der Waals surface area contributed by atoms with Gasteiger partial charge in [0.05, 0.1) is 6.10 Å². The van der Waals surface area contributed by atoms with Crippen LogP contribution >= 0.6 is 11.6 Å². The van der Waals surface area contributed by atoms with Gasteiger partial charge in [-0.1, -0.05) is 23.7 Å². The summed E-state index contributed by atoms with van der Waals surface area (Å²) in [4.78, 5) is 10.9. The van der Waals surface area contributed by atoms with Gasteiger partial charge in [0.25, 0.3) is 0 Å². The summed E-state index contributed by atoms with van der Waals surface area (Å²) in [5, 5.41) is 23.4. The lowest BCUT2D eigenvalue weighted by Gasteiger charge is -2.13. The smallest absolute Gasteiger partial charge is 0.371 e. The van der Waals surface area contributed by atoms with E-state index in [1.807, 2.05) is 6.07 Å². The van der Waals surface area contributed by atoms with Crippen LogP contribution in [0.3, 0.4) is 0 Å². The normalized spacial score (nSPS) is 12.2. The van der Waals surface area contributed by atoms with Crippen molar-refractivity contribution < 1.29 is 24.2 Å². The van der Waals surface area contributed by atoms with E-state index < -0.39 is 12.1 Å². The van der Waals surface area contributed by atoms with Gasteiger partial charge in [-0.3, -0.25) is 0 Å². The number of ether oxygens (including phenoxy) is 1. The number of carboxylic acid groups (broad SMARTS) is 1. The van der Waals surface area contributed by atoms with Gasteiger partial charge in [-0.05, 0) is 42.0 Å². The molecule has 3 aromatic rings. The van der Waals surface area contributed by atoms with Crippen molar-refractivity contribution in [2.24, 2.45) is 0 Å². The van der Waals surface area contributed by atoms with Crippen molar-refractivity contribution in [2.75, 3.05) is 19.7 Å². The van der Waals surface area contributed by atoms with Gasteiger partial charge in [-0.15, -0.1) is 0 Å². The molecule has 2 aromatic carbocycles. The molecular formula is C19H18ClNO5. The fraction of sp³-hybridized carbons (Fsp3) is 0.211. The number of nitrogens with one attached hydrogen (secondary N) is 1. The van der Waals surface area contributed by atoms with Crippen molar-refractivity contribution in [3.63, 3.8) is 0 Å². The number of furan rings is 1. The Bertz CT molecular complexity index is 908. The number of carboxylic acids is 1. The van der Waals surface area contributed by atoms with Gasteiger partial charge in [0.2, 0.25) is 5.76 Å². The van der Waals surface area contributed by atoms with Crippen molar-refractivity contribution >= 4 is 28.5 Å². The van der Waals surface area contributed by atoms with Crippen molar-refractivity contribution in [1.29, 1.82) is 0 Å². The third-order valence-corrected chi connectivity index (χ3v) is 4.05. The van der Waals surface area contributed by atoms with Crippen LogP contribution in [0.1, 0.15) is 22.2 Å². The highest BCUT2D eigenvalue weighted by atomic mass is 35.5. The minimum atomic E-state index is -1.11. The van der Waals surface area contributed by atoms with E-state index >= 15 is 0 Å². The highest BCUT2D eigenvalue weighted by molar-refractivity contribution is 6.30. The largest absolute Gasteiger partial charge is 0.492 e. The number of hydrogen-bond donors (Lipinski definition) is 3. The number of aliphatic hydroxyl groups excluding tert-OH is 1. The molecule has 0 spiro atoms. The Hall–Kier alpha value is -2.54. The summed E-state index contributed by atoms with van der Waals surface area (Å²) < 4.78 is 10.8. The van der Waals surface area contributed by atoms with Crippen molar-refractivity contribution in [1.82, 2.24) is 5.32 Å². The van der Waals surface area contributed by atoms with Crippen molar-refractivity contribution in [3.8, 4) is 5.75 Å². The van der Waals surface area contributed by atoms with Crippen LogP contribution in [0.15, 0.2) is 52.9 Å². The fourth-order valence-corrected chi connectivity index (χ4v) is 2.73. The fourth-order valence-electron chi connectivity index (χ4n) is 2.53. The summed E-state index contributed by atoms with van der Waals surface area (Å²) in [5.41, 5.74) is 1.25. The molecule has 0 aliphatic carbocycles. The monoisotopic (exact) mass is 375 g/mol. The topological polar surface area (TPSA) is 91.9 Å². The number of fused-ring (bicyclic) bond motifs is 1. The third-order valence-electron chi connectivity index (χ3n) is 3.82. The first kappa shape index (κ1) is 18.3. The van der Waals surface area contributed by atoms with Gasteiger partial charge in [0.1, 0.15) is 17.9 Å². The Morgan fingerprint density at radius 3 is 2.85 bits per heavy atom. The number of carbonyl (C=O) groups is 1. The summed E-state index contributed by atoms with van der Waals surface area (Å²) in [6.07, 6.45) is -0.648. The molecule has 0 aliphatic heterocycles. The number of halogens is 1. The van der Waals surface area contributed by atoms with E-state index in [0.29, 0.717) is 41.4 Å². The van der Waals surface area contributed by atoms with E-state index in [9.17, 15) is 9.90 Å². The molecule has 1 aromatic heterocycles. The first-order valence-corrected chi connectivity index (χ1v) is 8.44. The molecule has 7 heteroatoms. The zero-order valence-corrected chi connectivity index (χ0v) is 14.6. The molecule has 3 rings (SSSR count). The summed E-state index contributed by atoms with van der Waals surface area (Å²) in [7, 11) is 0. The van der Waals surface area contributed by atoms with Crippen molar-refractivity contribution in [2.45, 2.75) is 6.10 Å². The quantitative estimate of drug-likeness (QED) is 0.522. The maximum absolute atomic E-state index is 10.9. The Morgan fingerprint density at radius 2 is 2.08 bits per heavy atom. The van der Waals surface area contributed by atoms with Crippen LogP contribution in [0.25, 0.3) is 11.0 Å². The lowest BCUT2D eigenvalue weighted by molar-refractivity contribution is 0.0665. The van der Waals surface area contributed by atoms with Gasteiger partial charge in [0.15, 0.2) is 0 Å². The van der Waals surface area contributed by atoms with Crippen LogP contribution in [0, 0.1) is 0 Å². The van der Waals surface area contributed by atoms with E-state index in [1.54, 1.807) is 36.4 Å². The van der Waals surface area contributed by atoms with Crippen LogP contribution in [-0.4, -0.2) is 35.9 Å². The van der Waals surface area contributed by atoms with E-state index in [-0.39, 0.29) is 5.76 Å². The standard InChI is InChI=1S/C19H18ClNO5/c20-14-3-1-2-12(8-14)16(22)11-21-6-7-25-15-4-5-17-13(9-15)10-18(26-17)19(23)24/h1-5,8-10,16,21-22H,6-7,11H2,(H,23,24)/t16-/m1/s1. The molecule has 1 atom stereocenters. The Kier molecular flexibility index (Phi) is 5.78. The maximum Gasteiger partial charge on any atom is 0.371 e. The minimum absolute atomic E-state index is 0.103. The van der Waals surface area contributed by atoms with Gasteiger partial charge in [0, 0.05) is 23.5 Å². The second-order valence-electron chi connectivity index (χ2n) is 5.74. The van der Waals surface area contributed by atoms with Crippen LogP contribution in [0.5, 0.6) is 5.75 Å². The molecular weight excluding hydrogens is 358 g/mol. The minimum Gasteiger partial charge on any atom is -0.492 e. The first-order chi connectivity index (χ1) is 12.5. The molecule has 0 radical (unpaired) electrons. The summed E-state index contributed by atoms with van der Waals surface area (Å²) in [6, 6.07) is 13.7. The summed E-state index contributed by atoms with van der Waals surface area (Å²) in [6.45, 7) is 1.32. The second-order valence-corrected chi connectivity index (χ2v) is 6.18. The molecule has 26 heavy (non-hydrogen) atoms. The van der Waals surface area contributed by atoms with Crippen LogP contribution in [0.2, 0.25) is 5.02 Å². The van der Waals surface area contributed by atoms with E-state index in [0.717, 1.165) is 5.56 Å². The molecule has 0 unspecified atom stereocenters. The Balaban J connectivity index is 1.46. The first-order valence-electron chi connectivity index (χ1n) is 8.07. The number of aliphatic hydroxyl groups is 1. The molecule has 3 N–H and O–H groups in total. The van der Waals surface area contributed by atoms with Gasteiger partial charge < -0.3 is 24.7 Å². The zero-order chi connectivity index (χ0) is 18.5. The second kappa shape index (κ2) is 8.23. The van der Waals surface area contributed by atoms with Gasteiger partial charge in [-0.2, -0.15) is 0 Å². The van der Waals surface area contributed by atoms with Crippen LogP contribution < -0.4 is 10.1 Å². The summed E-state index contributed by atoms with van der Waals surface area (Å²) in [5.74, 6) is -0.590. The van der Waals surface area contributed by atoms with Crippen LogP contribution in [0.4, 0.5) is 0 Å². The molecule has 6 nitrogen and oxygen atoms in total. The predicted molar refractivity (Wildman–Crippen MR) is 97.9 cm³/mol. The highest BCUT2D eigenvalue weighted by Gasteiger charge is 2.11. The average molecular weight is 376 g/mol. The molecule has 0 amide bonds. The molecule has 0 saturated carbocycles. The van der Waals surface area contributed by atoms with Gasteiger partial charge in [-0.25, -0.2) is 4.79 Å². The zero-order valence-electron chi connectivity index (χ0n) is 13.8. The van der Waals surface area contributed by atoms with E-state index in [2.05, 4.69) is 5.32 Å². The molecule has 1 heterocycles. The number of rotatable bonds is 8. The summed E-state index contributed by atoms with van der Waals surface area (Å²) >= 11 is 5.91. The van der Waals surface area contributed by atoms with E-state index in [1.165, 1.54) is 6.07 Å². The molecule has 0 aliphatic rings. The number of aromatic carboxylic acids is 1. The highest BCUT2D eigenvalue weighted by Crippen LogP contribution is 2.24. The van der Waals surface area contributed by atoms with E-state index in [4.69, 9.17) is 25.9 Å². The lowest BCUT2D eigenvalue weighted by atomic mass is 10.1. The number of hydrogen-bond acceptors (Lipinski definition) is 5. The third kappa shape index (κ3) is 4.54. The molecule has 0 saturated heterocycles.